The maximum absolute atomic E-state index is 13.2. The molecule has 1 saturated heterocycles. The van der Waals surface area contributed by atoms with Crippen molar-refractivity contribution in [3.05, 3.63) is 52.5 Å². The van der Waals surface area contributed by atoms with Crippen molar-refractivity contribution in [2.75, 3.05) is 26.0 Å². The number of nitrogens with zero attached hydrogens (tertiary/aromatic N) is 1. The number of hydrogen-bond donors (Lipinski definition) is 0. The molecule has 1 aliphatic heterocycles. The van der Waals surface area contributed by atoms with Gasteiger partial charge in [-0.05, 0) is 49.4 Å². The van der Waals surface area contributed by atoms with Crippen LogP contribution in [0.2, 0.25) is 0 Å². The second kappa shape index (κ2) is 8.21. The fourth-order valence-corrected chi connectivity index (χ4v) is 6.48. The lowest BCUT2D eigenvalue weighted by atomic mass is 10.2. The fourth-order valence-electron chi connectivity index (χ4n) is 2.85. The van der Waals surface area contributed by atoms with Gasteiger partial charge in [0.1, 0.15) is 11.5 Å². The average molecular weight is 458 g/mol. The summed E-state index contributed by atoms with van der Waals surface area (Å²) in [6, 6.07) is 12.2. The summed E-state index contributed by atoms with van der Waals surface area (Å²) in [7, 11) is -2.02. The lowest BCUT2D eigenvalue weighted by Gasteiger charge is -2.25. The molecule has 1 atom stereocenters. The molecule has 5 nitrogen and oxygen atoms in total. The number of thioether (sulfide) groups is 1. The van der Waals surface area contributed by atoms with E-state index in [2.05, 4.69) is 15.9 Å². The Bertz CT molecular complexity index is 871. The number of halogens is 1. The van der Waals surface area contributed by atoms with Crippen LogP contribution in [0, 0.1) is 0 Å². The van der Waals surface area contributed by atoms with Gasteiger partial charge in [0, 0.05) is 22.3 Å². The van der Waals surface area contributed by atoms with E-state index in [4.69, 9.17) is 9.47 Å². The highest BCUT2D eigenvalue weighted by Crippen LogP contribution is 2.45. The van der Waals surface area contributed by atoms with Crippen molar-refractivity contribution in [2.24, 2.45) is 0 Å². The molecule has 0 bridgehead atoms. The minimum Gasteiger partial charge on any atom is -0.496 e. The van der Waals surface area contributed by atoms with Crippen LogP contribution in [0.5, 0.6) is 11.5 Å². The SMILES string of the molecule is CCOc1ccc(S(=O)(=O)N2CCSC2c2cc(Br)ccc2OC)cc1. The van der Waals surface area contributed by atoms with E-state index in [1.54, 1.807) is 43.1 Å². The normalized spacial score (nSPS) is 18.0. The van der Waals surface area contributed by atoms with Gasteiger partial charge < -0.3 is 9.47 Å². The zero-order chi connectivity index (χ0) is 18.7. The van der Waals surface area contributed by atoms with Crippen molar-refractivity contribution in [3.63, 3.8) is 0 Å². The number of methoxy groups -OCH3 is 1. The highest BCUT2D eigenvalue weighted by molar-refractivity contribution is 9.10. The number of benzene rings is 2. The van der Waals surface area contributed by atoms with Gasteiger partial charge in [-0.25, -0.2) is 8.42 Å². The lowest BCUT2D eigenvalue weighted by Crippen LogP contribution is -2.30. The molecule has 1 fully saturated rings. The maximum Gasteiger partial charge on any atom is 0.244 e. The average Bonchev–Trinajstić information content (AvgIpc) is 3.13. The molecule has 3 rings (SSSR count). The van der Waals surface area contributed by atoms with E-state index >= 15 is 0 Å². The molecule has 1 heterocycles. The predicted molar refractivity (Wildman–Crippen MR) is 107 cm³/mol. The van der Waals surface area contributed by atoms with Crippen LogP contribution in [-0.4, -0.2) is 38.7 Å². The smallest absolute Gasteiger partial charge is 0.244 e. The first kappa shape index (κ1) is 19.5. The molecule has 2 aromatic carbocycles. The topological polar surface area (TPSA) is 55.8 Å². The summed E-state index contributed by atoms with van der Waals surface area (Å²) in [5.74, 6) is 2.07. The number of hydrogen-bond acceptors (Lipinski definition) is 5. The van der Waals surface area contributed by atoms with Gasteiger partial charge in [0.25, 0.3) is 0 Å². The Morgan fingerprint density at radius 2 is 1.96 bits per heavy atom. The maximum atomic E-state index is 13.2. The molecular formula is C18H20BrNO4S2. The van der Waals surface area contributed by atoms with Gasteiger partial charge in [0.2, 0.25) is 10.0 Å². The second-order valence-corrected chi connectivity index (χ2v) is 9.62. The Morgan fingerprint density at radius 1 is 1.23 bits per heavy atom. The molecule has 0 amide bonds. The van der Waals surface area contributed by atoms with Gasteiger partial charge >= 0.3 is 0 Å². The van der Waals surface area contributed by atoms with Crippen molar-refractivity contribution < 1.29 is 17.9 Å². The monoisotopic (exact) mass is 457 g/mol. The minimum absolute atomic E-state index is 0.266. The molecule has 0 aromatic heterocycles. The number of rotatable bonds is 6. The van der Waals surface area contributed by atoms with E-state index in [9.17, 15) is 8.42 Å². The van der Waals surface area contributed by atoms with Gasteiger partial charge in [-0.2, -0.15) is 4.31 Å². The standard InChI is InChI=1S/C18H20BrNO4S2/c1-3-24-14-5-7-15(8-6-14)26(21,22)20-10-11-25-18(20)16-12-13(19)4-9-17(16)23-2/h4-9,12,18H,3,10-11H2,1-2H3. The van der Waals surface area contributed by atoms with Gasteiger partial charge in [-0.1, -0.05) is 15.9 Å². The summed E-state index contributed by atoms with van der Waals surface area (Å²) in [6.45, 7) is 2.89. The summed E-state index contributed by atoms with van der Waals surface area (Å²) in [4.78, 5) is 0.266. The van der Waals surface area contributed by atoms with Crippen LogP contribution in [0.1, 0.15) is 17.9 Å². The molecule has 0 N–H and O–H groups in total. The van der Waals surface area contributed by atoms with E-state index in [0.29, 0.717) is 24.7 Å². The Labute approximate surface area is 166 Å². The van der Waals surface area contributed by atoms with Crippen molar-refractivity contribution >= 4 is 37.7 Å². The molecule has 0 spiro atoms. The summed E-state index contributed by atoms with van der Waals surface area (Å²) in [6.07, 6.45) is 0. The van der Waals surface area contributed by atoms with Crippen molar-refractivity contribution in [1.82, 2.24) is 4.31 Å². The first-order valence-electron chi connectivity index (χ1n) is 8.17. The number of ether oxygens (including phenoxy) is 2. The zero-order valence-electron chi connectivity index (χ0n) is 14.5. The first-order valence-corrected chi connectivity index (χ1v) is 11.4. The van der Waals surface area contributed by atoms with E-state index in [1.807, 2.05) is 25.1 Å². The van der Waals surface area contributed by atoms with Crippen molar-refractivity contribution in [1.29, 1.82) is 0 Å². The highest BCUT2D eigenvalue weighted by Gasteiger charge is 2.38. The van der Waals surface area contributed by atoms with Crippen molar-refractivity contribution in [3.8, 4) is 11.5 Å². The molecule has 0 radical (unpaired) electrons. The van der Waals surface area contributed by atoms with Crippen molar-refractivity contribution in [2.45, 2.75) is 17.2 Å². The quantitative estimate of drug-likeness (QED) is 0.647. The molecule has 0 aliphatic carbocycles. The van der Waals surface area contributed by atoms with E-state index in [1.165, 1.54) is 4.31 Å². The third kappa shape index (κ3) is 3.88. The Morgan fingerprint density at radius 3 is 2.62 bits per heavy atom. The van der Waals surface area contributed by atoms with Crippen LogP contribution < -0.4 is 9.47 Å². The fraction of sp³-hybridized carbons (Fsp3) is 0.333. The van der Waals surface area contributed by atoms with Crippen LogP contribution >= 0.6 is 27.7 Å². The first-order chi connectivity index (χ1) is 12.5. The third-order valence-corrected chi connectivity index (χ3v) is 7.80. The summed E-state index contributed by atoms with van der Waals surface area (Å²) in [5.41, 5.74) is 0.846. The molecule has 0 saturated carbocycles. The van der Waals surface area contributed by atoms with Crippen LogP contribution in [0.4, 0.5) is 0 Å². The van der Waals surface area contributed by atoms with Crippen LogP contribution in [0.15, 0.2) is 51.8 Å². The predicted octanol–water partition coefficient (Wildman–Crippen LogP) is 4.29. The van der Waals surface area contributed by atoms with Crippen LogP contribution in [0.25, 0.3) is 0 Å². The highest BCUT2D eigenvalue weighted by atomic mass is 79.9. The lowest BCUT2D eigenvalue weighted by molar-refractivity contribution is 0.340. The zero-order valence-corrected chi connectivity index (χ0v) is 17.7. The van der Waals surface area contributed by atoms with E-state index < -0.39 is 10.0 Å². The summed E-state index contributed by atoms with van der Waals surface area (Å²) >= 11 is 5.06. The third-order valence-electron chi connectivity index (χ3n) is 4.05. The molecule has 140 valence electrons. The Hall–Kier alpha value is -1.22. The molecule has 1 aliphatic rings. The van der Waals surface area contributed by atoms with Gasteiger partial charge in [0.15, 0.2) is 0 Å². The van der Waals surface area contributed by atoms with E-state index in [-0.39, 0.29) is 10.3 Å². The van der Waals surface area contributed by atoms with Crippen LogP contribution in [-0.2, 0) is 10.0 Å². The van der Waals surface area contributed by atoms with E-state index in [0.717, 1.165) is 15.8 Å². The van der Waals surface area contributed by atoms with Gasteiger partial charge in [0.05, 0.1) is 24.0 Å². The Balaban J connectivity index is 1.95. The summed E-state index contributed by atoms with van der Waals surface area (Å²) in [5, 5.41) is -0.320. The molecular weight excluding hydrogens is 438 g/mol. The number of sulfonamides is 1. The Kier molecular flexibility index (Phi) is 6.17. The molecule has 8 heteroatoms. The molecule has 2 aromatic rings. The molecule has 1 unspecified atom stereocenters. The molecule has 26 heavy (non-hydrogen) atoms. The van der Waals surface area contributed by atoms with Gasteiger partial charge in [-0.3, -0.25) is 0 Å². The second-order valence-electron chi connectivity index (χ2n) is 5.63. The summed E-state index contributed by atoms with van der Waals surface area (Å²) < 4.78 is 39.7. The van der Waals surface area contributed by atoms with Gasteiger partial charge in [-0.15, -0.1) is 11.8 Å². The largest absolute Gasteiger partial charge is 0.496 e. The van der Waals surface area contributed by atoms with Crippen LogP contribution in [0.3, 0.4) is 0 Å². The minimum atomic E-state index is -3.62.